The largest absolute Gasteiger partial charge is 0.384 e. The van der Waals surface area contributed by atoms with Gasteiger partial charge in [-0.05, 0) is 12.1 Å². The summed E-state index contributed by atoms with van der Waals surface area (Å²) < 4.78 is 1.76. The minimum Gasteiger partial charge on any atom is -0.384 e. The van der Waals surface area contributed by atoms with Gasteiger partial charge >= 0.3 is 0 Å². The topological polar surface area (TPSA) is 82.0 Å². The average molecular weight is 294 g/mol. The molecule has 6 nitrogen and oxygen atoms in total. The van der Waals surface area contributed by atoms with Crippen LogP contribution in [-0.2, 0) is 0 Å². The number of nitrogen functional groups attached to an aromatic ring is 1. The van der Waals surface area contributed by atoms with Crippen molar-refractivity contribution in [2.45, 2.75) is 0 Å². The van der Waals surface area contributed by atoms with Crippen LogP contribution >= 0.6 is 11.3 Å². The highest BCUT2D eigenvalue weighted by Crippen LogP contribution is 2.27. The molecule has 2 N–H and O–H groups in total. The van der Waals surface area contributed by atoms with Crippen molar-refractivity contribution < 1.29 is 0 Å². The van der Waals surface area contributed by atoms with Crippen molar-refractivity contribution in [3.63, 3.8) is 0 Å². The molecule has 0 aliphatic rings. The molecule has 3 aromatic heterocycles. The second-order valence-corrected chi connectivity index (χ2v) is 5.42. The molecule has 0 spiro atoms. The lowest BCUT2D eigenvalue weighted by Gasteiger charge is -1.96. The van der Waals surface area contributed by atoms with Crippen LogP contribution in [0.3, 0.4) is 0 Å². The van der Waals surface area contributed by atoms with E-state index in [0.29, 0.717) is 5.82 Å². The molecule has 0 saturated heterocycles. The first-order valence-electron chi connectivity index (χ1n) is 6.31. The summed E-state index contributed by atoms with van der Waals surface area (Å²) in [6.45, 7) is 0. The Kier molecular flexibility index (Phi) is 2.65. The molecule has 4 rings (SSSR count). The van der Waals surface area contributed by atoms with E-state index in [1.807, 2.05) is 36.4 Å². The van der Waals surface area contributed by atoms with Crippen LogP contribution in [0, 0.1) is 0 Å². The molecular weight excluding hydrogens is 284 g/mol. The summed E-state index contributed by atoms with van der Waals surface area (Å²) >= 11 is 1.47. The Morgan fingerprint density at radius 3 is 2.57 bits per heavy atom. The Labute approximate surface area is 123 Å². The molecule has 0 atom stereocenters. The van der Waals surface area contributed by atoms with Gasteiger partial charge in [-0.1, -0.05) is 41.7 Å². The van der Waals surface area contributed by atoms with Crippen LogP contribution in [-0.4, -0.2) is 24.8 Å². The monoisotopic (exact) mass is 294 g/mol. The van der Waals surface area contributed by atoms with E-state index in [9.17, 15) is 0 Å². The molecule has 0 bridgehead atoms. The van der Waals surface area contributed by atoms with Gasteiger partial charge in [0.05, 0.1) is 0 Å². The molecule has 0 radical (unpaired) electrons. The number of aromatic nitrogens is 5. The molecule has 0 saturated carbocycles. The van der Waals surface area contributed by atoms with Crippen molar-refractivity contribution in [3.05, 3.63) is 48.7 Å². The molecule has 1 aromatic carbocycles. The Morgan fingerprint density at radius 1 is 0.952 bits per heavy atom. The summed E-state index contributed by atoms with van der Waals surface area (Å²) in [6, 6.07) is 13.5. The highest BCUT2D eigenvalue weighted by atomic mass is 32.1. The molecule has 0 aliphatic heterocycles. The van der Waals surface area contributed by atoms with E-state index >= 15 is 0 Å². The Morgan fingerprint density at radius 2 is 1.81 bits per heavy atom. The van der Waals surface area contributed by atoms with Crippen molar-refractivity contribution >= 4 is 22.1 Å². The minimum absolute atomic E-state index is 0.492. The fourth-order valence-corrected chi connectivity index (χ4v) is 2.86. The molecule has 0 aliphatic carbocycles. The number of hydrogen-bond acceptors (Lipinski definition) is 6. The van der Waals surface area contributed by atoms with Crippen molar-refractivity contribution in [1.82, 2.24) is 24.8 Å². The van der Waals surface area contributed by atoms with E-state index < -0.39 is 0 Å². The number of rotatable bonds is 2. The smallest absolute Gasteiger partial charge is 0.235 e. The van der Waals surface area contributed by atoms with Crippen molar-refractivity contribution in [3.8, 4) is 22.0 Å². The Bertz CT molecular complexity index is 894. The first kappa shape index (κ1) is 12.0. The Hall–Kier alpha value is -2.80. The first-order valence-corrected chi connectivity index (χ1v) is 7.12. The number of hydrogen-bond donors (Lipinski definition) is 1. The summed E-state index contributed by atoms with van der Waals surface area (Å²) in [7, 11) is 0. The van der Waals surface area contributed by atoms with Gasteiger partial charge < -0.3 is 5.73 Å². The number of pyridine rings is 1. The van der Waals surface area contributed by atoms with Gasteiger partial charge in [-0.3, -0.25) is 0 Å². The summed E-state index contributed by atoms with van der Waals surface area (Å²) in [5, 5.41) is 13.8. The molecule has 102 valence electrons. The first-order chi connectivity index (χ1) is 10.3. The third-order valence-electron chi connectivity index (χ3n) is 3.06. The van der Waals surface area contributed by atoms with Crippen LogP contribution in [0.2, 0.25) is 0 Å². The fourth-order valence-electron chi connectivity index (χ4n) is 2.03. The summed E-state index contributed by atoms with van der Waals surface area (Å²) in [5.41, 5.74) is 7.50. The molecule has 3 heterocycles. The van der Waals surface area contributed by atoms with Gasteiger partial charge in [0.15, 0.2) is 5.82 Å². The van der Waals surface area contributed by atoms with Crippen LogP contribution in [0.4, 0.5) is 5.82 Å². The van der Waals surface area contributed by atoms with Crippen molar-refractivity contribution in [2.24, 2.45) is 0 Å². The minimum atomic E-state index is 0.492. The van der Waals surface area contributed by atoms with E-state index in [1.165, 1.54) is 11.3 Å². The molecule has 0 amide bonds. The zero-order valence-corrected chi connectivity index (χ0v) is 11.7. The summed E-state index contributed by atoms with van der Waals surface area (Å²) in [6.07, 6.45) is 1.71. The van der Waals surface area contributed by atoms with Gasteiger partial charge in [0.2, 0.25) is 4.96 Å². The van der Waals surface area contributed by atoms with Crippen LogP contribution in [0.25, 0.3) is 26.9 Å². The van der Waals surface area contributed by atoms with Gasteiger partial charge in [-0.25, -0.2) is 4.98 Å². The maximum absolute atomic E-state index is 5.60. The SMILES string of the molecule is Nc1ccc(-c2nn3c(-c4ccccc4)nnc3s2)cn1. The standard InChI is InChI=1S/C14H10N6S/c15-11-7-6-10(8-16-11)13-19-20-12(17-18-14(20)21-13)9-4-2-1-3-5-9/h1-8H,(H2,15,16). The number of nitrogens with two attached hydrogens (primary N) is 1. The molecule has 0 unspecified atom stereocenters. The second-order valence-electron chi connectivity index (χ2n) is 4.46. The number of anilines is 1. The molecule has 4 aromatic rings. The number of nitrogens with zero attached hydrogens (tertiary/aromatic N) is 5. The summed E-state index contributed by atoms with van der Waals surface area (Å²) in [5.74, 6) is 1.23. The Balaban J connectivity index is 1.84. The van der Waals surface area contributed by atoms with Crippen LogP contribution in [0.5, 0.6) is 0 Å². The molecule has 21 heavy (non-hydrogen) atoms. The van der Waals surface area contributed by atoms with Crippen molar-refractivity contribution in [2.75, 3.05) is 5.73 Å². The van der Waals surface area contributed by atoms with Crippen molar-refractivity contribution in [1.29, 1.82) is 0 Å². The number of fused-ring (bicyclic) bond motifs is 1. The highest BCUT2D eigenvalue weighted by molar-refractivity contribution is 7.19. The fraction of sp³-hybridized carbons (Fsp3) is 0. The predicted molar refractivity (Wildman–Crippen MR) is 81.7 cm³/mol. The van der Waals surface area contributed by atoms with Gasteiger partial charge in [-0.2, -0.15) is 9.61 Å². The van der Waals surface area contributed by atoms with E-state index in [0.717, 1.165) is 26.9 Å². The maximum atomic E-state index is 5.60. The maximum Gasteiger partial charge on any atom is 0.235 e. The second kappa shape index (κ2) is 4.64. The average Bonchev–Trinajstić information content (AvgIpc) is 3.09. The van der Waals surface area contributed by atoms with E-state index in [2.05, 4.69) is 20.3 Å². The highest BCUT2D eigenvalue weighted by Gasteiger charge is 2.14. The van der Waals surface area contributed by atoms with Crippen LogP contribution in [0.15, 0.2) is 48.7 Å². The van der Waals surface area contributed by atoms with Gasteiger partial charge in [0.25, 0.3) is 0 Å². The van der Waals surface area contributed by atoms with E-state index in [-0.39, 0.29) is 0 Å². The van der Waals surface area contributed by atoms with Crippen LogP contribution in [0.1, 0.15) is 0 Å². The van der Waals surface area contributed by atoms with Gasteiger partial charge in [0, 0.05) is 17.3 Å². The molecule has 7 heteroatoms. The third-order valence-corrected chi connectivity index (χ3v) is 4.00. The molecule has 0 fully saturated rings. The predicted octanol–water partition coefficient (Wildman–Crippen LogP) is 2.50. The van der Waals surface area contributed by atoms with Gasteiger partial charge in [-0.15, -0.1) is 10.2 Å². The lowest BCUT2D eigenvalue weighted by molar-refractivity contribution is 0.970. The van der Waals surface area contributed by atoms with E-state index in [1.54, 1.807) is 16.8 Å². The number of benzene rings is 1. The van der Waals surface area contributed by atoms with Gasteiger partial charge in [0.1, 0.15) is 10.8 Å². The van der Waals surface area contributed by atoms with E-state index in [4.69, 9.17) is 5.73 Å². The lowest BCUT2D eigenvalue weighted by Crippen LogP contribution is -1.92. The van der Waals surface area contributed by atoms with Crippen LogP contribution < -0.4 is 5.73 Å². The zero-order valence-electron chi connectivity index (χ0n) is 10.8. The third kappa shape index (κ3) is 2.03. The zero-order chi connectivity index (χ0) is 14.2. The molecular formula is C14H10N6S. The summed E-state index contributed by atoms with van der Waals surface area (Å²) in [4.78, 5) is 4.84. The lowest BCUT2D eigenvalue weighted by atomic mass is 10.2. The quantitative estimate of drug-likeness (QED) is 0.614. The normalized spacial score (nSPS) is 11.0.